The molecular formula is C11H13O6PS. The van der Waals surface area contributed by atoms with Gasteiger partial charge in [-0.1, -0.05) is 17.7 Å². The Morgan fingerprint density at radius 3 is 2.05 bits per heavy atom. The first-order valence-electron chi connectivity index (χ1n) is 5.19. The van der Waals surface area contributed by atoms with Crippen LogP contribution in [0.15, 0.2) is 12.1 Å². The minimum atomic E-state index is -4.48. The van der Waals surface area contributed by atoms with Crippen molar-refractivity contribution in [3.8, 4) is 0 Å². The van der Waals surface area contributed by atoms with Gasteiger partial charge in [-0.2, -0.15) is 8.42 Å². The molecule has 1 atom stereocenters. The molecule has 0 saturated heterocycles. The molecule has 0 saturated carbocycles. The molecule has 1 aromatic rings. The molecule has 104 valence electrons. The van der Waals surface area contributed by atoms with Gasteiger partial charge in [0.05, 0.1) is 5.56 Å². The summed E-state index contributed by atoms with van der Waals surface area (Å²) in [4.78, 5) is 22.9. The molecular weight excluding hydrogens is 291 g/mol. The number of benzene rings is 1. The predicted molar refractivity (Wildman–Crippen MR) is 71.3 cm³/mol. The van der Waals surface area contributed by atoms with E-state index in [2.05, 4.69) is 4.74 Å². The number of ether oxygens (including phenoxy) is 1. The van der Waals surface area contributed by atoms with E-state index in [4.69, 9.17) is 4.55 Å². The molecule has 1 N–H and O–H groups in total. The quantitative estimate of drug-likeness (QED) is 0.398. The maximum absolute atomic E-state index is 11.8. The standard InChI is InChI=1S/C11H13O6PS/c1-6-4-7(2)9(8(3)5-6)10(12)17-11(13)18-19(14,15)16/h4-5,18H,1-3H3,(H,14,15,16). The number of carbonyl (C=O) groups excluding carboxylic acids is 2. The van der Waals surface area contributed by atoms with Gasteiger partial charge in [-0.15, -0.1) is 0 Å². The highest BCUT2D eigenvalue weighted by molar-refractivity contribution is 8.45. The summed E-state index contributed by atoms with van der Waals surface area (Å²) in [6, 6.07) is 3.50. The van der Waals surface area contributed by atoms with Crippen LogP contribution in [-0.4, -0.2) is 24.7 Å². The molecule has 8 heteroatoms. The van der Waals surface area contributed by atoms with Crippen molar-refractivity contribution in [2.75, 3.05) is 0 Å². The Labute approximate surface area is 112 Å². The molecule has 19 heavy (non-hydrogen) atoms. The van der Waals surface area contributed by atoms with Crippen LogP contribution in [-0.2, 0) is 14.5 Å². The number of carbonyl (C=O) groups is 2. The second kappa shape index (κ2) is 5.77. The molecule has 1 rings (SSSR count). The van der Waals surface area contributed by atoms with Gasteiger partial charge in [-0.05, 0) is 31.9 Å². The van der Waals surface area contributed by atoms with E-state index in [1.54, 1.807) is 26.0 Å². The lowest BCUT2D eigenvalue weighted by atomic mass is 10.0. The average Bonchev–Trinajstić information content (AvgIpc) is 2.10. The summed E-state index contributed by atoms with van der Waals surface area (Å²) in [5.74, 6) is -0.920. The molecule has 0 amide bonds. The molecule has 0 heterocycles. The normalized spacial score (nSPS) is 11.8. The fraction of sp³-hybridized carbons (Fsp3) is 0.273. The average molecular weight is 304 g/mol. The van der Waals surface area contributed by atoms with Crippen LogP contribution in [0.5, 0.6) is 0 Å². The zero-order valence-electron chi connectivity index (χ0n) is 10.6. The molecule has 6 nitrogen and oxygen atoms in total. The Morgan fingerprint density at radius 2 is 1.63 bits per heavy atom. The van der Waals surface area contributed by atoms with Gasteiger partial charge in [0.1, 0.15) is 0 Å². The lowest BCUT2D eigenvalue weighted by molar-refractivity contribution is 0.0662. The lowest BCUT2D eigenvalue weighted by Crippen LogP contribution is -2.12. The Bertz CT molecular complexity index is 612. The first kappa shape index (κ1) is 15.8. The van der Waals surface area contributed by atoms with Crippen LogP contribution >= 0.6 is 7.78 Å². The van der Waals surface area contributed by atoms with Crippen LogP contribution < -0.4 is 0 Å². The Hall–Kier alpha value is -1.30. The number of hydrogen-bond acceptors (Lipinski definition) is 5. The molecule has 0 radical (unpaired) electrons. The van der Waals surface area contributed by atoms with Crippen LogP contribution in [0.2, 0.25) is 0 Å². The Balaban J connectivity index is 2.94. The van der Waals surface area contributed by atoms with E-state index < -0.39 is 29.2 Å². The first-order chi connectivity index (χ1) is 8.60. The van der Waals surface area contributed by atoms with Gasteiger partial charge >= 0.3 is 11.7 Å². The first-order valence-corrected chi connectivity index (χ1v) is 8.36. The highest BCUT2D eigenvalue weighted by atomic mass is 32.8. The van der Waals surface area contributed by atoms with Crippen molar-refractivity contribution < 1.29 is 27.3 Å². The Kier molecular flexibility index (Phi) is 4.79. The van der Waals surface area contributed by atoms with Crippen LogP contribution in [0.25, 0.3) is 0 Å². The lowest BCUT2D eigenvalue weighted by Gasteiger charge is -2.09. The summed E-state index contributed by atoms with van der Waals surface area (Å²) in [6.07, 6.45) is 0. The Morgan fingerprint density at radius 1 is 1.16 bits per heavy atom. The predicted octanol–water partition coefficient (Wildman–Crippen LogP) is 2.37. The van der Waals surface area contributed by atoms with Gasteiger partial charge in [-0.25, -0.2) is 9.59 Å². The molecule has 0 aliphatic heterocycles. The van der Waals surface area contributed by atoms with Gasteiger partial charge in [0, 0.05) is 0 Å². The molecule has 0 spiro atoms. The van der Waals surface area contributed by atoms with E-state index >= 15 is 0 Å². The van der Waals surface area contributed by atoms with E-state index in [0.717, 1.165) is 5.56 Å². The number of aryl methyl sites for hydroxylation is 3. The SMILES string of the molecule is Cc1cc(C)c(C(=O)OC(=O)PS(=O)(=O)O)c(C)c1. The summed E-state index contributed by atoms with van der Waals surface area (Å²) in [6.45, 7) is 5.23. The summed E-state index contributed by atoms with van der Waals surface area (Å²) < 4.78 is 33.9. The molecule has 0 bridgehead atoms. The molecule has 0 aromatic heterocycles. The van der Waals surface area contributed by atoms with E-state index in [0.29, 0.717) is 11.1 Å². The molecule has 1 aromatic carbocycles. The van der Waals surface area contributed by atoms with Gasteiger partial charge in [0.15, 0.2) is 7.78 Å². The highest BCUT2D eigenvalue weighted by Gasteiger charge is 2.21. The molecule has 0 fully saturated rings. The van der Waals surface area contributed by atoms with Crippen LogP contribution in [0.4, 0.5) is 4.79 Å². The maximum atomic E-state index is 11.8. The van der Waals surface area contributed by atoms with Crippen molar-refractivity contribution in [2.45, 2.75) is 20.8 Å². The summed E-state index contributed by atoms with van der Waals surface area (Å²) in [5, 5.41) is 0. The van der Waals surface area contributed by atoms with Crippen LogP contribution in [0.3, 0.4) is 0 Å². The zero-order chi connectivity index (χ0) is 14.8. The largest absolute Gasteiger partial charge is 0.386 e. The van der Waals surface area contributed by atoms with Gasteiger partial charge < -0.3 is 4.74 Å². The third kappa shape index (κ3) is 4.70. The third-order valence-electron chi connectivity index (χ3n) is 2.28. The maximum Gasteiger partial charge on any atom is 0.349 e. The minimum Gasteiger partial charge on any atom is -0.386 e. The fourth-order valence-corrected chi connectivity index (χ4v) is 2.87. The molecule has 0 aliphatic carbocycles. The number of rotatable bonds is 3. The van der Waals surface area contributed by atoms with E-state index in [1.165, 1.54) is 0 Å². The van der Waals surface area contributed by atoms with E-state index in [9.17, 15) is 18.0 Å². The van der Waals surface area contributed by atoms with Crippen molar-refractivity contribution in [3.63, 3.8) is 0 Å². The monoisotopic (exact) mass is 304 g/mol. The van der Waals surface area contributed by atoms with Crippen LogP contribution in [0.1, 0.15) is 27.0 Å². The van der Waals surface area contributed by atoms with Gasteiger partial charge in [0.25, 0.3) is 9.74 Å². The minimum absolute atomic E-state index is 0.221. The second-order valence-electron chi connectivity index (χ2n) is 4.03. The molecule has 0 aliphatic rings. The van der Waals surface area contributed by atoms with Crippen molar-refractivity contribution in [2.24, 2.45) is 0 Å². The van der Waals surface area contributed by atoms with Gasteiger partial charge in [0.2, 0.25) is 0 Å². The van der Waals surface area contributed by atoms with E-state index in [-0.39, 0.29) is 5.56 Å². The van der Waals surface area contributed by atoms with Crippen molar-refractivity contribution in [3.05, 3.63) is 34.4 Å². The van der Waals surface area contributed by atoms with E-state index in [1.807, 2.05) is 6.92 Å². The topological polar surface area (TPSA) is 97.7 Å². The summed E-state index contributed by atoms with van der Waals surface area (Å²) in [5.41, 5.74) is 1.15. The molecule has 1 unspecified atom stereocenters. The van der Waals surface area contributed by atoms with Crippen LogP contribution in [0, 0.1) is 20.8 Å². The second-order valence-corrected chi connectivity index (χ2v) is 7.75. The summed E-state index contributed by atoms with van der Waals surface area (Å²) >= 11 is 0. The van der Waals surface area contributed by atoms with Gasteiger partial charge in [-0.3, -0.25) is 4.55 Å². The number of hydrogen-bond donors (Lipinski definition) is 1. The third-order valence-corrected chi connectivity index (χ3v) is 4.08. The highest BCUT2D eigenvalue weighted by Crippen LogP contribution is 2.24. The van der Waals surface area contributed by atoms with Crippen molar-refractivity contribution in [1.82, 2.24) is 0 Å². The zero-order valence-corrected chi connectivity index (χ0v) is 12.4. The van der Waals surface area contributed by atoms with Crippen molar-refractivity contribution >= 4 is 29.2 Å². The van der Waals surface area contributed by atoms with Crippen molar-refractivity contribution in [1.29, 1.82) is 0 Å². The number of esters is 1. The smallest absolute Gasteiger partial charge is 0.349 e. The fourth-order valence-electron chi connectivity index (χ4n) is 1.76. The summed E-state index contributed by atoms with van der Waals surface area (Å²) in [7, 11) is -5.99.